The molecule has 2 heterocycles. The molecular formula is C17H25Cl2N5. The minimum atomic E-state index is 0. The largest absolute Gasteiger partial charge is 0.369 e. The molecule has 2 aromatic rings. The molecule has 1 aromatic carbocycles. The van der Waals surface area contributed by atoms with Gasteiger partial charge in [0.15, 0.2) is 5.82 Å². The number of aromatic nitrogens is 2. The quantitative estimate of drug-likeness (QED) is 0.819. The Hall–Kier alpha value is -1.56. The summed E-state index contributed by atoms with van der Waals surface area (Å²) in [6.07, 6.45) is 4.01. The molecule has 1 atom stereocenters. The molecule has 0 spiro atoms. The lowest BCUT2D eigenvalue weighted by Crippen LogP contribution is -2.29. The summed E-state index contributed by atoms with van der Waals surface area (Å²) < 4.78 is 0. The Morgan fingerprint density at radius 1 is 1.21 bits per heavy atom. The van der Waals surface area contributed by atoms with Gasteiger partial charge < -0.3 is 15.5 Å². The molecule has 3 rings (SSSR count). The molecule has 0 amide bonds. The van der Waals surface area contributed by atoms with Gasteiger partial charge in [-0.1, -0.05) is 30.3 Å². The normalized spacial score (nSPS) is 16.2. The van der Waals surface area contributed by atoms with Crippen molar-refractivity contribution >= 4 is 36.3 Å². The van der Waals surface area contributed by atoms with Crippen molar-refractivity contribution in [2.24, 2.45) is 0 Å². The second kappa shape index (κ2) is 10.3. The average molecular weight is 370 g/mol. The van der Waals surface area contributed by atoms with Crippen LogP contribution in [0.25, 0.3) is 0 Å². The van der Waals surface area contributed by atoms with Crippen LogP contribution in [0.5, 0.6) is 0 Å². The van der Waals surface area contributed by atoms with Gasteiger partial charge >= 0.3 is 0 Å². The number of anilines is 2. The summed E-state index contributed by atoms with van der Waals surface area (Å²) in [5, 5.41) is 15.0. The molecule has 0 saturated carbocycles. The molecule has 1 fully saturated rings. The van der Waals surface area contributed by atoms with Gasteiger partial charge in [-0.05, 0) is 25.5 Å². The number of hydrogen-bond donors (Lipinski definition) is 2. The molecule has 1 aliphatic heterocycles. The third-order valence-electron chi connectivity index (χ3n) is 4.16. The molecule has 7 heteroatoms. The Labute approximate surface area is 156 Å². The molecule has 1 aromatic heterocycles. The topological polar surface area (TPSA) is 53.1 Å². The van der Waals surface area contributed by atoms with Crippen LogP contribution in [-0.4, -0.2) is 42.9 Å². The number of likely N-dealkylation sites (N-methyl/N-ethyl adjacent to an activating group) is 1. The molecule has 0 aliphatic carbocycles. The van der Waals surface area contributed by atoms with Crippen molar-refractivity contribution < 1.29 is 0 Å². The first-order valence-electron chi connectivity index (χ1n) is 7.88. The monoisotopic (exact) mass is 369 g/mol. The van der Waals surface area contributed by atoms with Crippen LogP contribution in [0.2, 0.25) is 0 Å². The van der Waals surface area contributed by atoms with Gasteiger partial charge in [0.2, 0.25) is 0 Å². The molecule has 2 N–H and O–H groups in total. The van der Waals surface area contributed by atoms with Crippen LogP contribution in [0.4, 0.5) is 11.5 Å². The maximum atomic E-state index is 4.18. The van der Waals surface area contributed by atoms with Crippen LogP contribution in [0.15, 0.2) is 42.6 Å². The van der Waals surface area contributed by atoms with Crippen LogP contribution >= 0.6 is 24.8 Å². The van der Waals surface area contributed by atoms with Crippen molar-refractivity contribution in [3.05, 3.63) is 48.2 Å². The fourth-order valence-electron chi connectivity index (χ4n) is 2.83. The van der Waals surface area contributed by atoms with E-state index in [0.29, 0.717) is 6.04 Å². The van der Waals surface area contributed by atoms with Gasteiger partial charge in [0.05, 0.1) is 11.9 Å². The van der Waals surface area contributed by atoms with Crippen molar-refractivity contribution in [1.29, 1.82) is 0 Å². The summed E-state index contributed by atoms with van der Waals surface area (Å²) in [7, 11) is 2.02. The van der Waals surface area contributed by atoms with Gasteiger partial charge in [0.1, 0.15) is 0 Å². The second-order valence-electron chi connectivity index (χ2n) is 5.68. The maximum absolute atomic E-state index is 4.18. The number of benzene rings is 1. The Bertz CT molecular complexity index is 597. The van der Waals surface area contributed by atoms with Crippen LogP contribution in [-0.2, 0) is 6.42 Å². The molecule has 24 heavy (non-hydrogen) atoms. The van der Waals surface area contributed by atoms with Crippen molar-refractivity contribution in [3.63, 3.8) is 0 Å². The van der Waals surface area contributed by atoms with Gasteiger partial charge in [0, 0.05) is 31.7 Å². The summed E-state index contributed by atoms with van der Waals surface area (Å²) >= 11 is 0. The van der Waals surface area contributed by atoms with Crippen molar-refractivity contribution in [1.82, 2.24) is 15.5 Å². The second-order valence-corrected chi connectivity index (χ2v) is 5.68. The van der Waals surface area contributed by atoms with E-state index in [9.17, 15) is 0 Å². The van der Waals surface area contributed by atoms with E-state index in [0.717, 1.165) is 37.6 Å². The van der Waals surface area contributed by atoms with Crippen LogP contribution in [0.1, 0.15) is 12.0 Å². The van der Waals surface area contributed by atoms with Crippen LogP contribution in [0.3, 0.4) is 0 Å². The van der Waals surface area contributed by atoms with Gasteiger partial charge in [0.25, 0.3) is 0 Å². The van der Waals surface area contributed by atoms with E-state index >= 15 is 0 Å². The lowest BCUT2D eigenvalue weighted by atomic mass is 10.1. The number of halogens is 2. The molecule has 0 radical (unpaired) electrons. The van der Waals surface area contributed by atoms with Gasteiger partial charge in [-0.2, -0.15) is 5.10 Å². The summed E-state index contributed by atoms with van der Waals surface area (Å²) in [5.74, 6) is 0.848. The van der Waals surface area contributed by atoms with Gasteiger partial charge in [-0.15, -0.1) is 29.9 Å². The Balaban J connectivity index is 0.00000144. The van der Waals surface area contributed by atoms with E-state index in [1.807, 2.05) is 19.3 Å². The van der Waals surface area contributed by atoms with Crippen molar-refractivity contribution in [2.75, 3.05) is 36.9 Å². The van der Waals surface area contributed by atoms with Crippen molar-refractivity contribution in [3.8, 4) is 0 Å². The molecular weight excluding hydrogens is 345 g/mol. The first-order chi connectivity index (χ1) is 10.8. The van der Waals surface area contributed by atoms with Crippen LogP contribution < -0.4 is 15.5 Å². The lowest BCUT2D eigenvalue weighted by Gasteiger charge is -2.18. The van der Waals surface area contributed by atoms with Crippen molar-refractivity contribution in [2.45, 2.75) is 18.9 Å². The molecule has 1 aliphatic rings. The Kier molecular flexibility index (Phi) is 8.82. The highest BCUT2D eigenvalue weighted by Crippen LogP contribution is 2.21. The highest BCUT2D eigenvalue weighted by molar-refractivity contribution is 5.85. The number of nitrogens with one attached hydrogen (secondary N) is 2. The Morgan fingerprint density at radius 2 is 2.00 bits per heavy atom. The number of hydrogen-bond acceptors (Lipinski definition) is 5. The summed E-state index contributed by atoms with van der Waals surface area (Å²) in [5.41, 5.74) is 2.48. The zero-order valence-electron chi connectivity index (χ0n) is 13.8. The molecule has 132 valence electrons. The molecule has 0 unspecified atom stereocenters. The zero-order valence-corrected chi connectivity index (χ0v) is 15.4. The van der Waals surface area contributed by atoms with E-state index in [2.05, 4.69) is 56.1 Å². The highest BCUT2D eigenvalue weighted by atomic mass is 35.5. The highest BCUT2D eigenvalue weighted by Gasteiger charge is 2.21. The van der Waals surface area contributed by atoms with Crippen LogP contribution in [0, 0.1) is 0 Å². The van der Waals surface area contributed by atoms with E-state index < -0.39 is 0 Å². The van der Waals surface area contributed by atoms with E-state index in [4.69, 9.17) is 0 Å². The minimum absolute atomic E-state index is 0. The van der Waals surface area contributed by atoms with Gasteiger partial charge in [-0.25, -0.2) is 0 Å². The smallest absolute Gasteiger partial charge is 0.150 e. The summed E-state index contributed by atoms with van der Waals surface area (Å²) in [6, 6.07) is 13.1. The standard InChI is InChI=1S/C17H23N5.2ClH/c1-18-15-8-10-22(13-15)16-11-17(21-20-12-16)19-9-7-14-5-3-2-4-6-14;;/h2-6,11-12,15,18H,7-10,13H2,1H3,(H,19,21);2*1H/t15-;;/m1../s1. The first-order valence-corrected chi connectivity index (χ1v) is 7.88. The molecule has 0 bridgehead atoms. The SMILES string of the molecule is CN[C@@H]1CCN(c2cnnc(NCCc3ccccc3)c2)C1.Cl.Cl. The first kappa shape index (κ1) is 20.5. The third-order valence-corrected chi connectivity index (χ3v) is 4.16. The molecule has 5 nitrogen and oxygen atoms in total. The average Bonchev–Trinajstić information content (AvgIpc) is 3.05. The lowest BCUT2D eigenvalue weighted by molar-refractivity contribution is 0.617. The third kappa shape index (κ3) is 5.51. The Morgan fingerprint density at radius 3 is 2.71 bits per heavy atom. The van der Waals surface area contributed by atoms with Gasteiger partial charge in [-0.3, -0.25) is 0 Å². The summed E-state index contributed by atoms with van der Waals surface area (Å²) in [4.78, 5) is 2.36. The fraction of sp³-hybridized carbons (Fsp3) is 0.412. The number of rotatable bonds is 6. The van der Waals surface area contributed by atoms with E-state index in [1.54, 1.807) is 0 Å². The maximum Gasteiger partial charge on any atom is 0.150 e. The zero-order chi connectivity index (χ0) is 15.2. The van der Waals surface area contributed by atoms with E-state index in [-0.39, 0.29) is 24.8 Å². The minimum Gasteiger partial charge on any atom is -0.369 e. The number of nitrogens with zero attached hydrogens (tertiary/aromatic N) is 3. The summed E-state index contributed by atoms with van der Waals surface area (Å²) in [6.45, 7) is 2.97. The molecule has 1 saturated heterocycles. The fourth-order valence-corrected chi connectivity index (χ4v) is 2.83. The van der Waals surface area contributed by atoms with E-state index in [1.165, 1.54) is 12.0 Å². The predicted octanol–water partition coefficient (Wildman–Crippen LogP) is 2.77. The predicted molar refractivity (Wildman–Crippen MR) is 105 cm³/mol.